The summed E-state index contributed by atoms with van der Waals surface area (Å²) in [7, 11) is 1.91. The lowest BCUT2D eigenvalue weighted by molar-refractivity contribution is 0.441. The van der Waals surface area contributed by atoms with Crippen molar-refractivity contribution in [3.8, 4) is 6.07 Å². The molecule has 1 atom stereocenters. The van der Waals surface area contributed by atoms with Gasteiger partial charge in [-0.05, 0) is 38.0 Å². The fourth-order valence-electron chi connectivity index (χ4n) is 1.53. The van der Waals surface area contributed by atoms with Crippen LogP contribution in [0.3, 0.4) is 0 Å². The van der Waals surface area contributed by atoms with Gasteiger partial charge in [-0.15, -0.1) is 0 Å². The van der Waals surface area contributed by atoms with Crippen LogP contribution in [-0.2, 0) is 0 Å². The van der Waals surface area contributed by atoms with Gasteiger partial charge in [0.1, 0.15) is 5.54 Å². The molecule has 1 N–H and O–H groups in total. The molecule has 0 radical (unpaired) electrons. The second-order valence-corrected chi connectivity index (χ2v) is 4.77. The summed E-state index contributed by atoms with van der Waals surface area (Å²) in [5, 5.41) is 12.4. The maximum Gasteiger partial charge on any atom is 0.118 e. The third kappa shape index (κ3) is 2.62. The Morgan fingerprint density at radius 2 is 2.31 bits per heavy atom. The molecule has 1 fully saturated rings. The molecule has 0 aromatic carbocycles. The quantitative estimate of drug-likeness (QED) is 0.663. The van der Waals surface area contributed by atoms with Crippen molar-refractivity contribution in [3.05, 3.63) is 0 Å². The van der Waals surface area contributed by atoms with E-state index in [1.165, 1.54) is 19.3 Å². The first-order valence-electron chi connectivity index (χ1n) is 4.97. The minimum atomic E-state index is -0.236. The van der Waals surface area contributed by atoms with Gasteiger partial charge < -0.3 is 5.32 Å². The fourth-order valence-corrected chi connectivity index (χ4v) is 2.73. The average molecular weight is 198 g/mol. The highest BCUT2D eigenvalue weighted by Crippen LogP contribution is 2.40. The third-order valence-electron chi connectivity index (χ3n) is 2.60. The van der Waals surface area contributed by atoms with E-state index in [2.05, 4.69) is 18.3 Å². The van der Waals surface area contributed by atoms with Crippen molar-refractivity contribution >= 4 is 11.8 Å². The maximum atomic E-state index is 9.16. The highest BCUT2D eigenvalue weighted by atomic mass is 32.2. The van der Waals surface area contributed by atoms with Gasteiger partial charge in [0.15, 0.2) is 0 Å². The predicted molar refractivity (Wildman–Crippen MR) is 57.7 cm³/mol. The van der Waals surface area contributed by atoms with E-state index in [1.807, 2.05) is 18.8 Å². The van der Waals surface area contributed by atoms with Crippen molar-refractivity contribution in [2.24, 2.45) is 5.92 Å². The minimum Gasteiger partial charge on any atom is -0.302 e. The molecule has 1 aliphatic rings. The van der Waals surface area contributed by atoms with Crippen LogP contribution in [0.4, 0.5) is 0 Å². The van der Waals surface area contributed by atoms with Crippen LogP contribution in [-0.4, -0.2) is 24.1 Å². The predicted octanol–water partition coefficient (Wildman–Crippen LogP) is 2.02. The summed E-state index contributed by atoms with van der Waals surface area (Å²) >= 11 is 1.89. The molecule has 0 aliphatic heterocycles. The zero-order valence-corrected chi connectivity index (χ0v) is 9.28. The van der Waals surface area contributed by atoms with Crippen molar-refractivity contribution in [3.63, 3.8) is 0 Å². The lowest BCUT2D eigenvalue weighted by Gasteiger charge is -2.25. The van der Waals surface area contributed by atoms with Gasteiger partial charge in [-0.25, -0.2) is 0 Å². The molecular formula is C10H18N2S. The second kappa shape index (κ2) is 4.88. The first-order chi connectivity index (χ1) is 6.29. The number of rotatable bonds is 6. The zero-order valence-electron chi connectivity index (χ0n) is 8.47. The van der Waals surface area contributed by atoms with E-state index < -0.39 is 0 Å². The highest BCUT2D eigenvalue weighted by Gasteiger charge is 2.44. The van der Waals surface area contributed by atoms with Gasteiger partial charge in [0.05, 0.1) is 6.07 Å². The third-order valence-corrected chi connectivity index (χ3v) is 3.95. The second-order valence-electron chi connectivity index (χ2n) is 3.66. The van der Waals surface area contributed by atoms with Gasteiger partial charge >= 0.3 is 0 Å². The number of hydrogen-bond donors (Lipinski definition) is 1. The molecule has 0 bridgehead atoms. The van der Waals surface area contributed by atoms with E-state index in [9.17, 15) is 0 Å². The summed E-state index contributed by atoms with van der Waals surface area (Å²) in [5.74, 6) is 2.71. The Kier molecular flexibility index (Phi) is 4.08. The van der Waals surface area contributed by atoms with Crippen LogP contribution in [0.5, 0.6) is 0 Å². The van der Waals surface area contributed by atoms with E-state index in [0.717, 1.165) is 11.5 Å². The van der Waals surface area contributed by atoms with Gasteiger partial charge in [0, 0.05) is 5.75 Å². The van der Waals surface area contributed by atoms with Crippen LogP contribution in [0.2, 0.25) is 0 Å². The maximum absolute atomic E-state index is 9.16. The smallest absolute Gasteiger partial charge is 0.118 e. The molecule has 13 heavy (non-hydrogen) atoms. The zero-order chi connectivity index (χ0) is 9.73. The summed E-state index contributed by atoms with van der Waals surface area (Å²) in [6, 6.07) is 2.45. The number of thioether (sulfide) groups is 1. The van der Waals surface area contributed by atoms with Crippen molar-refractivity contribution in [2.45, 2.75) is 31.7 Å². The highest BCUT2D eigenvalue weighted by molar-refractivity contribution is 7.99. The minimum absolute atomic E-state index is 0.236. The van der Waals surface area contributed by atoms with Gasteiger partial charge in [-0.3, -0.25) is 0 Å². The average Bonchev–Trinajstić information content (AvgIpc) is 2.97. The SMILES string of the molecule is CCCSCC(C#N)(NC)C1CC1. The van der Waals surface area contributed by atoms with Gasteiger partial charge in [0.2, 0.25) is 0 Å². The van der Waals surface area contributed by atoms with Crippen molar-refractivity contribution < 1.29 is 0 Å². The van der Waals surface area contributed by atoms with E-state index >= 15 is 0 Å². The first-order valence-corrected chi connectivity index (χ1v) is 6.12. The Hall–Kier alpha value is -0.200. The van der Waals surface area contributed by atoms with Crippen molar-refractivity contribution in [1.29, 1.82) is 5.26 Å². The lowest BCUT2D eigenvalue weighted by atomic mass is 9.98. The van der Waals surface area contributed by atoms with E-state index in [1.54, 1.807) is 0 Å². The summed E-state index contributed by atoms with van der Waals surface area (Å²) in [6.45, 7) is 2.18. The summed E-state index contributed by atoms with van der Waals surface area (Å²) in [5.41, 5.74) is -0.236. The molecule has 1 aliphatic carbocycles. The van der Waals surface area contributed by atoms with E-state index in [4.69, 9.17) is 5.26 Å². The van der Waals surface area contributed by atoms with Crippen LogP contribution in [0.15, 0.2) is 0 Å². The van der Waals surface area contributed by atoms with Crippen LogP contribution in [0.1, 0.15) is 26.2 Å². The van der Waals surface area contributed by atoms with E-state index in [0.29, 0.717) is 5.92 Å². The fraction of sp³-hybridized carbons (Fsp3) is 0.900. The molecular weight excluding hydrogens is 180 g/mol. The monoisotopic (exact) mass is 198 g/mol. The lowest BCUT2D eigenvalue weighted by Crippen LogP contribution is -2.46. The Balaban J connectivity index is 2.41. The molecule has 0 aromatic rings. The molecule has 0 heterocycles. The molecule has 1 saturated carbocycles. The Morgan fingerprint density at radius 1 is 1.62 bits per heavy atom. The summed E-state index contributed by atoms with van der Waals surface area (Å²) in [6.07, 6.45) is 3.64. The Bertz CT molecular complexity index is 196. The van der Waals surface area contributed by atoms with Crippen molar-refractivity contribution in [2.75, 3.05) is 18.6 Å². The van der Waals surface area contributed by atoms with Gasteiger partial charge in [-0.1, -0.05) is 6.92 Å². The van der Waals surface area contributed by atoms with Gasteiger partial charge in [-0.2, -0.15) is 17.0 Å². The summed E-state index contributed by atoms with van der Waals surface area (Å²) in [4.78, 5) is 0. The number of hydrogen-bond acceptors (Lipinski definition) is 3. The van der Waals surface area contributed by atoms with E-state index in [-0.39, 0.29) is 5.54 Å². The van der Waals surface area contributed by atoms with Crippen LogP contribution in [0.25, 0.3) is 0 Å². The largest absolute Gasteiger partial charge is 0.302 e. The molecule has 74 valence electrons. The molecule has 0 aromatic heterocycles. The molecule has 0 saturated heterocycles. The summed E-state index contributed by atoms with van der Waals surface area (Å²) < 4.78 is 0. The van der Waals surface area contributed by atoms with Crippen molar-refractivity contribution in [1.82, 2.24) is 5.32 Å². The molecule has 1 unspecified atom stereocenters. The Labute approximate surface area is 85.1 Å². The van der Waals surface area contributed by atoms with Crippen LogP contribution >= 0.6 is 11.8 Å². The van der Waals surface area contributed by atoms with Crippen LogP contribution < -0.4 is 5.32 Å². The Morgan fingerprint density at radius 3 is 2.69 bits per heavy atom. The molecule has 1 rings (SSSR count). The molecule has 0 spiro atoms. The number of nitriles is 1. The van der Waals surface area contributed by atoms with Gasteiger partial charge in [0.25, 0.3) is 0 Å². The molecule has 3 heteroatoms. The van der Waals surface area contributed by atoms with Crippen LogP contribution in [0, 0.1) is 17.2 Å². The molecule has 0 amide bonds. The topological polar surface area (TPSA) is 35.8 Å². The first kappa shape index (κ1) is 10.9. The normalized spacial score (nSPS) is 20.7. The standard InChI is InChI=1S/C10H18N2S/c1-3-6-13-8-10(7-11,12-2)9-4-5-9/h9,12H,3-6,8H2,1-2H3. The number of nitrogens with one attached hydrogen (secondary N) is 1. The number of nitrogens with zero attached hydrogens (tertiary/aromatic N) is 1. The molecule has 2 nitrogen and oxygen atoms in total.